The summed E-state index contributed by atoms with van der Waals surface area (Å²) in [6, 6.07) is 9.08. The second kappa shape index (κ2) is 7.45. The van der Waals surface area contributed by atoms with Gasteiger partial charge in [-0.1, -0.05) is 23.7 Å². The molecule has 0 radical (unpaired) electrons. The number of rotatable bonds is 5. The van der Waals surface area contributed by atoms with Gasteiger partial charge in [-0.25, -0.2) is 4.98 Å². The van der Waals surface area contributed by atoms with Crippen molar-refractivity contribution in [3.8, 4) is 0 Å². The highest BCUT2D eigenvalue weighted by atomic mass is 35.5. The standard InChI is InChI=1S/C17H19ClN6O2/c18-13-3-1-12(2-4-13)10-19-16-21-17-20-14(9-15(25)24(17)22-16)11-23-5-7-26-8-6-23/h1-4,9H,5-8,10-11H2,(H2,19,20,21,22). The molecule has 0 bridgehead atoms. The quantitative estimate of drug-likeness (QED) is 0.704. The third kappa shape index (κ3) is 3.87. The second-order valence-corrected chi connectivity index (χ2v) is 6.60. The van der Waals surface area contributed by atoms with E-state index < -0.39 is 0 Å². The average molecular weight is 375 g/mol. The van der Waals surface area contributed by atoms with Crippen LogP contribution in [0.25, 0.3) is 5.78 Å². The van der Waals surface area contributed by atoms with E-state index in [0.29, 0.717) is 48.7 Å². The number of aromatic nitrogens is 4. The fourth-order valence-electron chi connectivity index (χ4n) is 2.86. The molecule has 0 aliphatic carbocycles. The molecule has 0 atom stereocenters. The second-order valence-electron chi connectivity index (χ2n) is 6.16. The predicted octanol–water partition coefficient (Wildman–Crippen LogP) is 1.52. The molecule has 1 aromatic carbocycles. The molecule has 136 valence electrons. The van der Waals surface area contributed by atoms with Crippen molar-refractivity contribution in [2.24, 2.45) is 0 Å². The van der Waals surface area contributed by atoms with Crippen molar-refractivity contribution < 1.29 is 4.74 Å². The van der Waals surface area contributed by atoms with E-state index in [2.05, 4.69) is 25.3 Å². The Kier molecular flexibility index (Phi) is 4.87. The number of ether oxygens (including phenoxy) is 1. The van der Waals surface area contributed by atoms with Crippen LogP contribution >= 0.6 is 11.6 Å². The van der Waals surface area contributed by atoms with Gasteiger partial charge in [0.05, 0.1) is 18.9 Å². The van der Waals surface area contributed by atoms with Gasteiger partial charge in [0.2, 0.25) is 5.95 Å². The van der Waals surface area contributed by atoms with E-state index >= 15 is 0 Å². The van der Waals surface area contributed by atoms with Crippen molar-refractivity contribution in [2.75, 3.05) is 31.6 Å². The number of hydrogen-bond donors (Lipinski definition) is 2. The van der Waals surface area contributed by atoms with Gasteiger partial charge >= 0.3 is 0 Å². The van der Waals surface area contributed by atoms with E-state index in [1.165, 1.54) is 4.52 Å². The van der Waals surface area contributed by atoms with Gasteiger partial charge < -0.3 is 10.1 Å². The van der Waals surface area contributed by atoms with E-state index in [9.17, 15) is 4.79 Å². The Bertz CT molecular complexity index is 946. The minimum absolute atomic E-state index is 0.176. The summed E-state index contributed by atoms with van der Waals surface area (Å²) in [5, 5.41) is 6.79. The van der Waals surface area contributed by atoms with Gasteiger partial charge in [0, 0.05) is 37.3 Å². The number of nitrogens with zero attached hydrogens (tertiary/aromatic N) is 4. The summed E-state index contributed by atoms with van der Waals surface area (Å²) in [5.41, 5.74) is 1.60. The Labute approximate surface area is 154 Å². The van der Waals surface area contributed by atoms with Crippen LogP contribution < -0.4 is 10.9 Å². The van der Waals surface area contributed by atoms with Crippen molar-refractivity contribution in [1.29, 1.82) is 0 Å². The van der Waals surface area contributed by atoms with Gasteiger partial charge in [0.25, 0.3) is 11.3 Å². The van der Waals surface area contributed by atoms with E-state index in [1.807, 2.05) is 24.3 Å². The Morgan fingerprint density at radius 2 is 1.96 bits per heavy atom. The summed E-state index contributed by atoms with van der Waals surface area (Å²) in [6.07, 6.45) is 0. The zero-order chi connectivity index (χ0) is 17.9. The summed E-state index contributed by atoms with van der Waals surface area (Å²) >= 11 is 5.89. The van der Waals surface area contributed by atoms with Crippen LogP contribution in [-0.4, -0.2) is 50.8 Å². The van der Waals surface area contributed by atoms with Gasteiger partial charge in [-0.2, -0.15) is 9.50 Å². The number of hydrogen-bond acceptors (Lipinski definition) is 6. The third-order valence-corrected chi connectivity index (χ3v) is 4.50. The fraction of sp³-hybridized carbons (Fsp3) is 0.353. The van der Waals surface area contributed by atoms with Crippen LogP contribution in [0.15, 0.2) is 35.1 Å². The van der Waals surface area contributed by atoms with Crippen LogP contribution in [0.1, 0.15) is 11.3 Å². The first-order chi connectivity index (χ1) is 12.7. The molecular weight excluding hydrogens is 356 g/mol. The van der Waals surface area contributed by atoms with Crippen molar-refractivity contribution in [3.05, 3.63) is 57.0 Å². The van der Waals surface area contributed by atoms with Crippen LogP contribution in [0, 0.1) is 0 Å². The van der Waals surface area contributed by atoms with Crippen molar-refractivity contribution in [1.82, 2.24) is 24.5 Å². The lowest BCUT2D eigenvalue weighted by Gasteiger charge is -2.25. The lowest BCUT2D eigenvalue weighted by molar-refractivity contribution is 0.0336. The monoisotopic (exact) mass is 374 g/mol. The first-order valence-corrected chi connectivity index (χ1v) is 8.82. The Hall–Kier alpha value is -2.42. The highest BCUT2D eigenvalue weighted by Crippen LogP contribution is 2.11. The van der Waals surface area contributed by atoms with E-state index in [0.717, 1.165) is 18.7 Å². The van der Waals surface area contributed by atoms with E-state index in [1.54, 1.807) is 6.07 Å². The molecule has 1 fully saturated rings. The number of benzene rings is 1. The van der Waals surface area contributed by atoms with Gasteiger partial charge in [0.15, 0.2) is 0 Å². The maximum Gasteiger partial charge on any atom is 0.274 e. The maximum absolute atomic E-state index is 12.3. The number of aromatic amines is 1. The molecular formula is C17H19ClN6O2. The first-order valence-electron chi connectivity index (χ1n) is 8.44. The largest absolute Gasteiger partial charge is 0.379 e. The van der Waals surface area contributed by atoms with Crippen LogP contribution in [0.2, 0.25) is 5.02 Å². The normalized spacial score (nSPS) is 15.4. The maximum atomic E-state index is 12.3. The average Bonchev–Trinajstić information content (AvgIpc) is 3.06. The molecule has 1 aliphatic rings. The van der Waals surface area contributed by atoms with Gasteiger partial charge in [-0.05, 0) is 17.7 Å². The number of morpholine rings is 1. The molecule has 2 N–H and O–H groups in total. The molecule has 1 aliphatic heterocycles. The molecule has 3 heterocycles. The summed E-state index contributed by atoms with van der Waals surface area (Å²) < 4.78 is 6.68. The van der Waals surface area contributed by atoms with Crippen molar-refractivity contribution >= 4 is 23.3 Å². The lowest BCUT2D eigenvalue weighted by Crippen LogP contribution is -2.36. The summed E-state index contributed by atoms with van der Waals surface area (Å²) in [6.45, 7) is 4.29. The number of nitrogens with one attached hydrogen (secondary N) is 2. The summed E-state index contributed by atoms with van der Waals surface area (Å²) in [7, 11) is 0. The Morgan fingerprint density at radius 1 is 1.19 bits per heavy atom. The number of halogens is 1. The van der Waals surface area contributed by atoms with Crippen LogP contribution in [-0.2, 0) is 17.8 Å². The number of H-pyrrole nitrogens is 1. The molecule has 9 heteroatoms. The van der Waals surface area contributed by atoms with E-state index in [-0.39, 0.29) is 5.56 Å². The predicted molar refractivity (Wildman–Crippen MR) is 98.5 cm³/mol. The fourth-order valence-corrected chi connectivity index (χ4v) is 2.99. The molecule has 4 rings (SSSR count). The zero-order valence-electron chi connectivity index (χ0n) is 14.1. The van der Waals surface area contributed by atoms with Gasteiger partial charge in [0.1, 0.15) is 0 Å². The number of fused-ring (bicyclic) bond motifs is 1. The molecule has 0 spiro atoms. The molecule has 0 unspecified atom stereocenters. The topological polar surface area (TPSA) is 87.6 Å². The van der Waals surface area contributed by atoms with Crippen LogP contribution in [0.4, 0.5) is 5.95 Å². The molecule has 8 nitrogen and oxygen atoms in total. The minimum Gasteiger partial charge on any atom is -0.379 e. The molecule has 1 saturated heterocycles. The van der Waals surface area contributed by atoms with Crippen molar-refractivity contribution in [3.63, 3.8) is 0 Å². The molecule has 2 aromatic heterocycles. The highest BCUT2D eigenvalue weighted by molar-refractivity contribution is 6.30. The minimum atomic E-state index is -0.176. The van der Waals surface area contributed by atoms with Crippen LogP contribution in [0.3, 0.4) is 0 Å². The molecule has 0 saturated carbocycles. The Morgan fingerprint density at radius 3 is 2.73 bits per heavy atom. The zero-order valence-corrected chi connectivity index (χ0v) is 14.9. The Balaban J connectivity index is 1.49. The van der Waals surface area contributed by atoms with Gasteiger partial charge in [-0.15, -0.1) is 0 Å². The van der Waals surface area contributed by atoms with E-state index in [4.69, 9.17) is 16.3 Å². The molecule has 26 heavy (non-hydrogen) atoms. The highest BCUT2D eigenvalue weighted by Gasteiger charge is 2.14. The van der Waals surface area contributed by atoms with Crippen LogP contribution in [0.5, 0.6) is 0 Å². The SMILES string of the molecule is O=c1cc(CN2CCOCC2)nc2nc(NCc3ccc(Cl)cc3)[nH]n12. The number of anilines is 1. The first kappa shape index (κ1) is 17.0. The molecule has 0 amide bonds. The lowest BCUT2D eigenvalue weighted by atomic mass is 10.2. The van der Waals surface area contributed by atoms with Gasteiger partial charge in [-0.3, -0.25) is 14.8 Å². The summed E-state index contributed by atoms with van der Waals surface area (Å²) in [4.78, 5) is 23.4. The molecule has 3 aromatic rings. The summed E-state index contributed by atoms with van der Waals surface area (Å²) in [5.74, 6) is 0.854. The third-order valence-electron chi connectivity index (χ3n) is 4.25. The smallest absolute Gasteiger partial charge is 0.274 e. The van der Waals surface area contributed by atoms with Crippen molar-refractivity contribution in [2.45, 2.75) is 13.1 Å².